The topological polar surface area (TPSA) is 61.0 Å². The average molecular weight is 243 g/mol. The van der Waals surface area contributed by atoms with Crippen LogP contribution in [0.5, 0.6) is 11.6 Å². The normalized spacial score (nSPS) is 10.3. The van der Waals surface area contributed by atoms with Gasteiger partial charge in [-0.25, -0.2) is 9.97 Å². The Kier molecular flexibility index (Phi) is 3.77. The summed E-state index contributed by atoms with van der Waals surface area (Å²) >= 11 is 0. The number of hydrogen-bond acceptors (Lipinski definition) is 4. The largest absolute Gasteiger partial charge is 0.439 e. The molecule has 18 heavy (non-hydrogen) atoms. The Morgan fingerprint density at radius 2 is 2.11 bits per heavy atom. The van der Waals surface area contributed by atoms with Gasteiger partial charge in [0, 0.05) is 23.0 Å². The van der Waals surface area contributed by atoms with Gasteiger partial charge in [0.2, 0.25) is 5.88 Å². The number of rotatable bonds is 4. The number of anilines is 1. The molecule has 4 nitrogen and oxygen atoms in total. The van der Waals surface area contributed by atoms with Crippen LogP contribution in [-0.4, -0.2) is 9.97 Å². The molecule has 1 aromatic carbocycles. The van der Waals surface area contributed by atoms with Gasteiger partial charge in [-0.3, -0.25) is 0 Å². The molecule has 0 spiro atoms. The van der Waals surface area contributed by atoms with E-state index in [1.165, 1.54) is 6.33 Å². The predicted octanol–water partition coefficient (Wildman–Crippen LogP) is 3.11. The Morgan fingerprint density at radius 1 is 1.28 bits per heavy atom. The lowest BCUT2D eigenvalue weighted by atomic mass is 10.2. The smallest absolute Gasteiger partial charge is 0.222 e. The van der Waals surface area contributed by atoms with E-state index in [0.29, 0.717) is 5.88 Å². The molecule has 2 aromatic rings. The molecule has 0 saturated carbocycles. The molecule has 0 aliphatic carbocycles. The van der Waals surface area contributed by atoms with Crippen LogP contribution in [-0.2, 0) is 6.42 Å². The second-order valence-electron chi connectivity index (χ2n) is 4.17. The van der Waals surface area contributed by atoms with Gasteiger partial charge < -0.3 is 10.5 Å². The highest BCUT2D eigenvalue weighted by atomic mass is 16.5. The first-order valence-electron chi connectivity index (χ1n) is 6.04. The zero-order valence-electron chi connectivity index (χ0n) is 10.7. The molecule has 0 radical (unpaired) electrons. The van der Waals surface area contributed by atoms with Crippen LogP contribution in [0.4, 0.5) is 5.69 Å². The van der Waals surface area contributed by atoms with Crippen molar-refractivity contribution in [3.8, 4) is 11.6 Å². The van der Waals surface area contributed by atoms with Crippen LogP contribution in [0.15, 0.2) is 30.6 Å². The zero-order valence-corrected chi connectivity index (χ0v) is 10.7. The number of nitrogens with two attached hydrogens (primary N) is 1. The first-order valence-corrected chi connectivity index (χ1v) is 6.04. The van der Waals surface area contributed by atoms with Gasteiger partial charge in [-0.1, -0.05) is 19.4 Å². The molecule has 2 rings (SSSR count). The number of hydrogen-bond donors (Lipinski definition) is 1. The number of nitrogen functional groups attached to an aromatic ring is 1. The first kappa shape index (κ1) is 12.4. The van der Waals surface area contributed by atoms with Crippen LogP contribution in [0.25, 0.3) is 0 Å². The maximum Gasteiger partial charge on any atom is 0.222 e. The molecule has 2 N–H and O–H groups in total. The van der Waals surface area contributed by atoms with Gasteiger partial charge >= 0.3 is 0 Å². The number of benzene rings is 1. The van der Waals surface area contributed by atoms with E-state index in [2.05, 4.69) is 16.9 Å². The summed E-state index contributed by atoms with van der Waals surface area (Å²) in [4.78, 5) is 8.31. The van der Waals surface area contributed by atoms with Crippen molar-refractivity contribution >= 4 is 5.69 Å². The molecular weight excluding hydrogens is 226 g/mol. The monoisotopic (exact) mass is 243 g/mol. The third-order valence-electron chi connectivity index (χ3n) is 2.75. The fourth-order valence-electron chi connectivity index (χ4n) is 1.68. The third kappa shape index (κ3) is 2.77. The average Bonchev–Trinajstić information content (AvgIpc) is 2.36. The second-order valence-corrected chi connectivity index (χ2v) is 4.17. The number of aryl methyl sites for hydroxylation is 1. The minimum absolute atomic E-state index is 0.558. The summed E-state index contributed by atoms with van der Waals surface area (Å²) in [6, 6.07) is 7.47. The Bertz CT molecular complexity index is 540. The predicted molar refractivity (Wildman–Crippen MR) is 71.7 cm³/mol. The summed E-state index contributed by atoms with van der Waals surface area (Å²) in [6.07, 6.45) is 3.50. The highest BCUT2D eigenvalue weighted by Crippen LogP contribution is 2.27. The highest BCUT2D eigenvalue weighted by molar-refractivity contribution is 5.53. The molecule has 0 aliphatic rings. The number of nitrogens with zero attached hydrogens (tertiary/aromatic N) is 2. The maximum atomic E-state index is 5.84. The van der Waals surface area contributed by atoms with Crippen LogP contribution in [0.1, 0.15) is 24.6 Å². The molecule has 0 amide bonds. The second kappa shape index (κ2) is 5.49. The van der Waals surface area contributed by atoms with Crippen LogP contribution in [0.3, 0.4) is 0 Å². The number of aromatic nitrogens is 2. The van der Waals surface area contributed by atoms with Gasteiger partial charge in [-0.05, 0) is 25.5 Å². The van der Waals surface area contributed by atoms with Crippen LogP contribution in [0, 0.1) is 6.92 Å². The highest BCUT2D eigenvalue weighted by Gasteiger charge is 2.05. The van der Waals surface area contributed by atoms with Gasteiger partial charge in [0.15, 0.2) is 0 Å². The van der Waals surface area contributed by atoms with Crippen molar-refractivity contribution in [2.45, 2.75) is 26.7 Å². The van der Waals surface area contributed by atoms with E-state index < -0.39 is 0 Å². The van der Waals surface area contributed by atoms with E-state index in [1.54, 1.807) is 0 Å². The van der Waals surface area contributed by atoms with Gasteiger partial charge in [0.25, 0.3) is 0 Å². The summed E-state index contributed by atoms with van der Waals surface area (Å²) in [5, 5.41) is 0. The zero-order chi connectivity index (χ0) is 13.0. The number of ether oxygens (including phenoxy) is 1. The molecule has 0 fully saturated rings. The Balaban J connectivity index is 2.23. The molecule has 0 atom stereocenters. The van der Waals surface area contributed by atoms with E-state index in [-0.39, 0.29) is 0 Å². The van der Waals surface area contributed by atoms with E-state index in [4.69, 9.17) is 10.5 Å². The molecule has 0 aliphatic heterocycles. The SMILES string of the molecule is CCCc1cc(Oc2cccc(N)c2C)ncn1. The molecular formula is C14H17N3O. The van der Waals surface area contributed by atoms with Crippen molar-refractivity contribution in [3.05, 3.63) is 41.9 Å². The van der Waals surface area contributed by atoms with Crippen molar-refractivity contribution < 1.29 is 4.74 Å². The molecule has 1 heterocycles. The van der Waals surface area contributed by atoms with E-state index in [0.717, 1.165) is 35.5 Å². The summed E-state index contributed by atoms with van der Waals surface area (Å²) in [7, 11) is 0. The summed E-state index contributed by atoms with van der Waals surface area (Å²) in [6.45, 7) is 4.05. The standard InChI is InChI=1S/C14H17N3O/c1-3-5-11-8-14(17-9-16-11)18-13-7-4-6-12(15)10(13)2/h4,6-9H,3,5,15H2,1-2H3. The molecule has 4 heteroatoms. The van der Waals surface area contributed by atoms with Crippen LogP contribution in [0.2, 0.25) is 0 Å². The lowest BCUT2D eigenvalue weighted by Crippen LogP contribution is -1.96. The summed E-state index contributed by atoms with van der Waals surface area (Å²) < 4.78 is 5.75. The van der Waals surface area contributed by atoms with Gasteiger partial charge in [-0.2, -0.15) is 0 Å². The summed E-state index contributed by atoms with van der Waals surface area (Å²) in [5.41, 5.74) is 8.47. The Morgan fingerprint density at radius 3 is 2.89 bits per heavy atom. The third-order valence-corrected chi connectivity index (χ3v) is 2.75. The van der Waals surface area contributed by atoms with E-state index in [1.807, 2.05) is 31.2 Å². The van der Waals surface area contributed by atoms with Crippen molar-refractivity contribution in [1.82, 2.24) is 9.97 Å². The van der Waals surface area contributed by atoms with Crippen LogP contribution >= 0.6 is 0 Å². The fraction of sp³-hybridized carbons (Fsp3) is 0.286. The molecule has 0 unspecified atom stereocenters. The first-order chi connectivity index (χ1) is 8.70. The van der Waals surface area contributed by atoms with Gasteiger partial charge in [-0.15, -0.1) is 0 Å². The van der Waals surface area contributed by atoms with Crippen molar-refractivity contribution in [3.63, 3.8) is 0 Å². The minimum Gasteiger partial charge on any atom is -0.439 e. The molecule has 0 saturated heterocycles. The van der Waals surface area contributed by atoms with E-state index >= 15 is 0 Å². The Labute approximate surface area is 107 Å². The molecule has 1 aromatic heterocycles. The van der Waals surface area contributed by atoms with Crippen molar-refractivity contribution in [1.29, 1.82) is 0 Å². The maximum absolute atomic E-state index is 5.84. The quantitative estimate of drug-likeness (QED) is 0.838. The van der Waals surface area contributed by atoms with Gasteiger partial charge in [0.1, 0.15) is 12.1 Å². The minimum atomic E-state index is 0.558. The van der Waals surface area contributed by atoms with Crippen LogP contribution < -0.4 is 10.5 Å². The Hall–Kier alpha value is -2.10. The lowest BCUT2D eigenvalue weighted by Gasteiger charge is -2.09. The lowest BCUT2D eigenvalue weighted by molar-refractivity contribution is 0.457. The van der Waals surface area contributed by atoms with Gasteiger partial charge in [0.05, 0.1) is 0 Å². The molecule has 94 valence electrons. The summed E-state index contributed by atoms with van der Waals surface area (Å²) in [5.74, 6) is 1.29. The van der Waals surface area contributed by atoms with Crippen molar-refractivity contribution in [2.24, 2.45) is 0 Å². The molecule has 0 bridgehead atoms. The van der Waals surface area contributed by atoms with E-state index in [9.17, 15) is 0 Å². The fourth-order valence-corrected chi connectivity index (χ4v) is 1.68. The van der Waals surface area contributed by atoms with Crippen molar-refractivity contribution in [2.75, 3.05) is 5.73 Å².